The highest BCUT2D eigenvalue weighted by Gasteiger charge is 2.10. The van der Waals surface area contributed by atoms with Crippen molar-refractivity contribution < 1.29 is 4.79 Å². The van der Waals surface area contributed by atoms with Crippen LogP contribution in [-0.4, -0.2) is 5.78 Å². The number of rotatable bonds is 1. The number of carbonyl (C=O) groups excluding carboxylic acids is 1. The van der Waals surface area contributed by atoms with E-state index in [0.29, 0.717) is 15.6 Å². The monoisotopic (exact) mass is 288 g/mol. The molecule has 0 bridgehead atoms. The fraction of sp³-hybridized carbons (Fsp3) is 0.0625. The Balaban J connectivity index is 2.57. The molecule has 0 atom stereocenters. The maximum atomic E-state index is 11.7. The first-order valence-corrected chi connectivity index (χ1v) is 6.65. The molecule has 0 aliphatic heterocycles. The summed E-state index contributed by atoms with van der Waals surface area (Å²) in [4.78, 5) is 11.7. The molecule has 0 saturated carbocycles. The van der Waals surface area contributed by atoms with Gasteiger partial charge in [0.1, 0.15) is 0 Å². The first kappa shape index (κ1) is 12.5. The highest BCUT2D eigenvalue weighted by Crippen LogP contribution is 2.34. The molecular weight excluding hydrogens is 279 g/mol. The van der Waals surface area contributed by atoms with Gasteiger partial charge in [-0.25, -0.2) is 0 Å². The molecule has 19 heavy (non-hydrogen) atoms. The van der Waals surface area contributed by atoms with Crippen molar-refractivity contribution in [3.63, 3.8) is 0 Å². The Hall–Kier alpha value is -1.57. The van der Waals surface area contributed by atoms with Crippen molar-refractivity contribution >= 4 is 50.5 Å². The van der Waals surface area contributed by atoms with Crippen molar-refractivity contribution in [2.24, 2.45) is 0 Å². The summed E-state index contributed by atoms with van der Waals surface area (Å²) in [6.45, 7) is 1.56. The molecule has 1 nitrogen and oxygen atoms in total. The predicted molar refractivity (Wildman–Crippen MR) is 81.5 cm³/mol. The molecule has 0 heterocycles. The zero-order valence-electron chi connectivity index (χ0n) is 10.2. The number of ketones is 1. The Morgan fingerprint density at radius 1 is 0.895 bits per heavy atom. The molecule has 0 unspecified atom stereocenters. The topological polar surface area (TPSA) is 17.1 Å². The van der Waals surface area contributed by atoms with Gasteiger partial charge in [0.25, 0.3) is 0 Å². The summed E-state index contributed by atoms with van der Waals surface area (Å²) < 4.78 is 0. The lowest BCUT2D eigenvalue weighted by atomic mass is 9.97. The molecule has 0 fully saturated rings. The van der Waals surface area contributed by atoms with E-state index in [0.717, 1.165) is 21.5 Å². The highest BCUT2D eigenvalue weighted by atomic mass is 35.5. The molecule has 0 saturated heterocycles. The van der Waals surface area contributed by atoms with Gasteiger partial charge in [-0.15, -0.1) is 0 Å². The molecule has 0 aliphatic carbocycles. The van der Waals surface area contributed by atoms with Crippen LogP contribution in [0.1, 0.15) is 17.3 Å². The Morgan fingerprint density at radius 3 is 2.42 bits per heavy atom. The normalized spacial score (nSPS) is 11.1. The van der Waals surface area contributed by atoms with E-state index in [1.54, 1.807) is 6.92 Å². The Labute approximate surface area is 120 Å². The van der Waals surface area contributed by atoms with E-state index in [1.807, 2.05) is 42.5 Å². The second-order valence-electron chi connectivity index (χ2n) is 4.51. The van der Waals surface area contributed by atoms with Gasteiger partial charge >= 0.3 is 0 Å². The summed E-state index contributed by atoms with van der Waals surface area (Å²) in [5.74, 6) is 0.0306. The van der Waals surface area contributed by atoms with Crippen LogP contribution in [0.5, 0.6) is 0 Å². The first-order valence-electron chi connectivity index (χ1n) is 5.89. The van der Waals surface area contributed by atoms with Crippen molar-refractivity contribution in [3.05, 3.63) is 58.1 Å². The van der Waals surface area contributed by atoms with Gasteiger partial charge in [0, 0.05) is 21.0 Å². The summed E-state index contributed by atoms with van der Waals surface area (Å²) in [5, 5.41) is 5.07. The summed E-state index contributed by atoms with van der Waals surface area (Å²) in [7, 11) is 0. The second-order valence-corrected chi connectivity index (χ2v) is 5.35. The van der Waals surface area contributed by atoms with Crippen LogP contribution >= 0.6 is 23.2 Å². The molecule has 0 amide bonds. The highest BCUT2D eigenvalue weighted by molar-refractivity contribution is 6.39. The van der Waals surface area contributed by atoms with E-state index in [4.69, 9.17) is 23.2 Å². The summed E-state index contributed by atoms with van der Waals surface area (Å²) in [6.07, 6.45) is 0. The predicted octanol–water partition coefficient (Wildman–Crippen LogP) is 5.50. The molecule has 0 N–H and O–H groups in total. The van der Waals surface area contributed by atoms with Gasteiger partial charge in [0.05, 0.1) is 0 Å². The van der Waals surface area contributed by atoms with Crippen LogP contribution in [-0.2, 0) is 0 Å². The molecule has 3 heteroatoms. The summed E-state index contributed by atoms with van der Waals surface area (Å²) in [6, 6.07) is 13.1. The first-order chi connectivity index (χ1) is 9.08. The van der Waals surface area contributed by atoms with Gasteiger partial charge in [-0.05, 0) is 41.3 Å². The SMILES string of the molecule is CC(=O)c1cccc2c1cc(Cl)c1ccc(Cl)cc12. The number of fused-ring (bicyclic) bond motifs is 3. The lowest BCUT2D eigenvalue weighted by Gasteiger charge is -2.09. The number of Topliss-reactive ketones (excluding diaryl/α,β-unsaturated/α-hetero) is 1. The zero-order valence-corrected chi connectivity index (χ0v) is 11.7. The van der Waals surface area contributed by atoms with Gasteiger partial charge in [-0.2, -0.15) is 0 Å². The second kappa shape index (κ2) is 4.52. The van der Waals surface area contributed by atoms with Crippen LogP contribution in [0.2, 0.25) is 10.0 Å². The molecule has 3 aromatic carbocycles. The van der Waals surface area contributed by atoms with E-state index in [1.165, 1.54) is 0 Å². The quantitative estimate of drug-likeness (QED) is 0.427. The van der Waals surface area contributed by atoms with E-state index in [2.05, 4.69) is 0 Å². The van der Waals surface area contributed by atoms with Crippen LogP contribution < -0.4 is 0 Å². The lowest BCUT2D eigenvalue weighted by Crippen LogP contribution is -1.93. The van der Waals surface area contributed by atoms with Crippen molar-refractivity contribution in [1.29, 1.82) is 0 Å². The smallest absolute Gasteiger partial charge is 0.160 e. The van der Waals surface area contributed by atoms with Gasteiger partial charge in [0.15, 0.2) is 5.78 Å². The van der Waals surface area contributed by atoms with Crippen molar-refractivity contribution in [2.75, 3.05) is 0 Å². The minimum Gasteiger partial charge on any atom is -0.294 e. The van der Waals surface area contributed by atoms with E-state index in [-0.39, 0.29) is 5.78 Å². The number of hydrogen-bond donors (Lipinski definition) is 0. The van der Waals surface area contributed by atoms with Crippen LogP contribution in [0.25, 0.3) is 21.5 Å². The third kappa shape index (κ3) is 1.99. The van der Waals surface area contributed by atoms with E-state index in [9.17, 15) is 4.79 Å². The largest absolute Gasteiger partial charge is 0.294 e. The van der Waals surface area contributed by atoms with Crippen molar-refractivity contribution in [2.45, 2.75) is 6.92 Å². The van der Waals surface area contributed by atoms with Crippen LogP contribution in [0.4, 0.5) is 0 Å². The maximum absolute atomic E-state index is 11.7. The fourth-order valence-electron chi connectivity index (χ4n) is 2.41. The Kier molecular flexibility index (Phi) is 2.96. The van der Waals surface area contributed by atoms with Gasteiger partial charge in [-0.1, -0.05) is 47.5 Å². The number of benzene rings is 3. The average Bonchev–Trinajstić information content (AvgIpc) is 2.38. The minimum atomic E-state index is 0.0306. The number of hydrogen-bond acceptors (Lipinski definition) is 1. The summed E-state index contributed by atoms with van der Waals surface area (Å²) in [5.41, 5.74) is 0.682. The molecule has 0 aliphatic rings. The molecule has 0 radical (unpaired) electrons. The Morgan fingerprint density at radius 2 is 1.68 bits per heavy atom. The number of halogens is 2. The van der Waals surface area contributed by atoms with Crippen LogP contribution in [0.3, 0.4) is 0 Å². The third-order valence-corrected chi connectivity index (χ3v) is 3.83. The molecule has 3 aromatic rings. The fourth-order valence-corrected chi connectivity index (χ4v) is 2.86. The minimum absolute atomic E-state index is 0.0306. The molecule has 0 aromatic heterocycles. The molecular formula is C16H10Cl2O. The lowest BCUT2D eigenvalue weighted by molar-refractivity contribution is 0.101. The van der Waals surface area contributed by atoms with Gasteiger partial charge in [-0.3, -0.25) is 4.79 Å². The molecule has 3 rings (SSSR count). The van der Waals surface area contributed by atoms with Gasteiger partial charge < -0.3 is 0 Å². The number of carbonyl (C=O) groups is 1. The van der Waals surface area contributed by atoms with Crippen LogP contribution in [0.15, 0.2) is 42.5 Å². The molecule has 94 valence electrons. The van der Waals surface area contributed by atoms with Crippen LogP contribution in [0, 0.1) is 0 Å². The maximum Gasteiger partial charge on any atom is 0.160 e. The van der Waals surface area contributed by atoms with Gasteiger partial charge in [0.2, 0.25) is 0 Å². The zero-order chi connectivity index (χ0) is 13.6. The standard InChI is InChI=1S/C16H10Cl2O/c1-9(19)11-3-2-4-12-14-7-10(17)5-6-13(14)16(18)8-15(11)12/h2-8H,1H3. The third-order valence-electron chi connectivity index (χ3n) is 3.29. The van der Waals surface area contributed by atoms with Crippen molar-refractivity contribution in [3.8, 4) is 0 Å². The Bertz CT molecular complexity index is 822. The van der Waals surface area contributed by atoms with Crippen molar-refractivity contribution in [1.82, 2.24) is 0 Å². The van der Waals surface area contributed by atoms with E-state index < -0.39 is 0 Å². The molecule has 0 spiro atoms. The summed E-state index contributed by atoms with van der Waals surface area (Å²) >= 11 is 12.4. The van der Waals surface area contributed by atoms with E-state index >= 15 is 0 Å². The average molecular weight is 289 g/mol.